The molecule has 17 heavy (non-hydrogen) atoms. The fraction of sp³-hybridized carbons (Fsp3) is 0.0833. The standard InChI is InChI=1S/C12H9F2NO2/c1-17-11-3-2-7(4-9(11)13)12-10(14)5-8(6-16)15-12/h2-6,15H,1H3. The molecule has 0 atom stereocenters. The SMILES string of the molecule is COc1ccc(-c2[nH]c(C=O)cc2F)cc1F. The van der Waals surface area contributed by atoms with Crippen LogP contribution in [0, 0.1) is 11.6 Å². The molecule has 88 valence electrons. The molecule has 2 rings (SSSR count). The molecule has 0 bridgehead atoms. The van der Waals surface area contributed by atoms with Gasteiger partial charge >= 0.3 is 0 Å². The van der Waals surface area contributed by atoms with Gasteiger partial charge in [0.2, 0.25) is 0 Å². The summed E-state index contributed by atoms with van der Waals surface area (Å²) in [6.07, 6.45) is 0.493. The van der Waals surface area contributed by atoms with Crippen LogP contribution in [0.15, 0.2) is 24.3 Å². The Labute approximate surface area is 96.0 Å². The quantitative estimate of drug-likeness (QED) is 0.834. The van der Waals surface area contributed by atoms with Crippen molar-refractivity contribution in [3.05, 3.63) is 41.6 Å². The molecule has 0 saturated heterocycles. The molecule has 1 aromatic carbocycles. The minimum Gasteiger partial charge on any atom is -0.494 e. The number of H-pyrrole nitrogens is 1. The Balaban J connectivity index is 2.49. The number of rotatable bonds is 3. The molecule has 1 heterocycles. The molecule has 0 saturated carbocycles. The first kappa shape index (κ1) is 11.3. The maximum Gasteiger partial charge on any atom is 0.166 e. The first-order chi connectivity index (χ1) is 8.15. The van der Waals surface area contributed by atoms with E-state index in [4.69, 9.17) is 4.74 Å². The van der Waals surface area contributed by atoms with Gasteiger partial charge in [0, 0.05) is 11.6 Å². The van der Waals surface area contributed by atoms with Gasteiger partial charge in [0.25, 0.3) is 0 Å². The van der Waals surface area contributed by atoms with E-state index in [0.717, 1.165) is 12.1 Å². The average Bonchev–Trinajstić information content (AvgIpc) is 2.70. The van der Waals surface area contributed by atoms with Crippen LogP contribution in [-0.4, -0.2) is 18.4 Å². The van der Waals surface area contributed by atoms with Crippen molar-refractivity contribution >= 4 is 6.29 Å². The molecular weight excluding hydrogens is 228 g/mol. The lowest BCUT2D eigenvalue weighted by molar-refractivity contribution is 0.111. The Kier molecular flexibility index (Phi) is 2.91. The molecule has 3 nitrogen and oxygen atoms in total. The van der Waals surface area contributed by atoms with Gasteiger partial charge in [-0.15, -0.1) is 0 Å². The number of ether oxygens (including phenoxy) is 1. The third-order valence-electron chi connectivity index (χ3n) is 2.36. The van der Waals surface area contributed by atoms with Gasteiger partial charge in [0.15, 0.2) is 17.9 Å². The number of hydrogen-bond donors (Lipinski definition) is 1. The topological polar surface area (TPSA) is 42.1 Å². The van der Waals surface area contributed by atoms with Crippen molar-refractivity contribution in [1.29, 1.82) is 0 Å². The summed E-state index contributed by atoms with van der Waals surface area (Å²) >= 11 is 0. The minimum atomic E-state index is -0.600. The van der Waals surface area contributed by atoms with Crippen LogP contribution in [-0.2, 0) is 0 Å². The third kappa shape index (κ3) is 2.04. The van der Waals surface area contributed by atoms with E-state index in [0.29, 0.717) is 11.8 Å². The lowest BCUT2D eigenvalue weighted by Gasteiger charge is -2.04. The van der Waals surface area contributed by atoms with E-state index in [-0.39, 0.29) is 17.1 Å². The smallest absolute Gasteiger partial charge is 0.166 e. The summed E-state index contributed by atoms with van der Waals surface area (Å²) in [5.41, 5.74) is 0.497. The van der Waals surface area contributed by atoms with Crippen molar-refractivity contribution in [3.8, 4) is 17.0 Å². The predicted octanol–water partition coefficient (Wildman–Crippen LogP) is 2.78. The Morgan fingerprint density at radius 3 is 2.53 bits per heavy atom. The van der Waals surface area contributed by atoms with E-state index in [9.17, 15) is 13.6 Å². The molecule has 1 N–H and O–H groups in total. The monoisotopic (exact) mass is 237 g/mol. The normalized spacial score (nSPS) is 10.3. The lowest BCUT2D eigenvalue weighted by Crippen LogP contribution is -1.89. The van der Waals surface area contributed by atoms with E-state index < -0.39 is 11.6 Å². The van der Waals surface area contributed by atoms with Crippen LogP contribution in [0.3, 0.4) is 0 Å². The highest BCUT2D eigenvalue weighted by Gasteiger charge is 2.12. The highest BCUT2D eigenvalue weighted by atomic mass is 19.1. The van der Waals surface area contributed by atoms with E-state index in [2.05, 4.69) is 4.98 Å². The number of halogens is 2. The van der Waals surface area contributed by atoms with Gasteiger partial charge in [0.05, 0.1) is 18.5 Å². The van der Waals surface area contributed by atoms with E-state index in [1.165, 1.54) is 19.2 Å². The van der Waals surface area contributed by atoms with Crippen molar-refractivity contribution in [2.45, 2.75) is 0 Å². The van der Waals surface area contributed by atoms with Crippen LogP contribution in [0.5, 0.6) is 5.75 Å². The van der Waals surface area contributed by atoms with Gasteiger partial charge in [-0.1, -0.05) is 0 Å². The Hall–Kier alpha value is -2.17. The summed E-state index contributed by atoms with van der Waals surface area (Å²) in [4.78, 5) is 13.0. The summed E-state index contributed by atoms with van der Waals surface area (Å²) in [7, 11) is 1.35. The maximum atomic E-state index is 13.5. The molecule has 0 aliphatic carbocycles. The second-order valence-corrected chi connectivity index (χ2v) is 3.41. The van der Waals surface area contributed by atoms with Gasteiger partial charge in [0.1, 0.15) is 5.82 Å². The van der Waals surface area contributed by atoms with E-state index in [1.807, 2.05) is 0 Å². The number of aromatic amines is 1. The number of aromatic nitrogens is 1. The lowest BCUT2D eigenvalue weighted by atomic mass is 10.1. The van der Waals surface area contributed by atoms with Crippen molar-refractivity contribution in [2.24, 2.45) is 0 Å². The van der Waals surface area contributed by atoms with Gasteiger partial charge in [-0.05, 0) is 18.2 Å². The third-order valence-corrected chi connectivity index (χ3v) is 2.36. The van der Waals surface area contributed by atoms with Gasteiger partial charge in [-0.25, -0.2) is 8.78 Å². The van der Waals surface area contributed by atoms with Crippen LogP contribution < -0.4 is 4.74 Å². The summed E-state index contributed by atoms with van der Waals surface area (Å²) in [5, 5.41) is 0. The molecule has 0 radical (unpaired) electrons. The first-order valence-electron chi connectivity index (χ1n) is 4.83. The van der Waals surface area contributed by atoms with Gasteiger partial charge in [-0.2, -0.15) is 0 Å². The summed E-state index contributed by atoms with van der Waals surface area (Å²) < 4.78 is 31.6. The van der Waals surface area contributed by atoms with Crippen molar-refractivity contribution in [1.82, 2.24) is 4.98 Å². The minimum absolute atomic E-state index is 0.0775. The molecule has 5 heteroatoms. The second kappa shape index (κ2) is 4.37. The zero-order valence-corrected chi connectivity index (χ0v) is 8.96. The Bertz CT molecular complexity index is 564. The highest BCUT2D eigenvalue weighted by molar-refractivity contribution is 5.75. The fourth-order valence-electron chi connectivity index (χ4n) is 1.54. The largest absolute Gasteiger partial charge is 0.494 e. The zero-order valence-electron chi connectivity index (χ0n) is 8.96. The van der Waals surface area contributed by atoms with Crippen LogP contribution in [0.1, 0.15) is 10.5 Å². The fourth-order valence-corrected chi connectivity index (χ4v) is 1.54. The first-order valence-corrected chi connectivity index (χ1v) is 4.83. The summed E-state index contributed by atoms with van der Waals surface area (Å²) in [6.45, 7) is 0. The van der Waals surface area contributed by atoms with Gasteiger partial charge < -0.3 is 9.72 Å². The van der Waals surface area contributed by atoms with Crippen LogP contribution in [0.25, 0.3) is 11.3 Å². The molecule has 0 aliphatic heterocycles. The molecule has 0 fully saturated rings. The molecular formula is C12H9F2NO2. The van der Waals surface area contributed by atoms with Crippen molar-refractivity contribution in [3.63, 3.8) is 0 Å². The number of nitrogens with one attached hydrogen (secondary N) is 1. The number of benzene rings is 1. The van der Waals surface area contributed by atoms with E-state index >= 15 is 0 Å². The number of hydrogen-bond acceptors (Lipinski definition) is 2. The molecule has 0 aliphatic rings. The highest BCUT2D eigenvalue weighted by Crippen LogP contribution is 2.26. The van der Waals surface area contributed by atoms with Crippen LogP contribution >= 0.6 is 0 Å². The maximum absolute atomic E-state index is 13.5. The zero-order chi connectivity index (χ0) is 12.4. The summed E-state index contributed by atoms with van der Waals surface area (Å²) in [5.74, 6) is -1.11. The average molecular weight is 237 g/mol. The van der Waals surface area contributed by atoms with Crippen molar-refractivity contribution in [2.75, 3.05) is 7.11 Å². The van der Waals surface area contributed by atoms with Crippen LogP contribution in [0.4, 0.5) is 8.78 Å². The molecule has 0 amide bonds. The molecule has 2 aromatic rings. The number of aldehydes is 1. The van der Waals surface area contributed by atoms with E-state index in [1.54, 1.807) is 0 Å². The number of methoxy groups -OCH3 is 1. The number of carbonyl (C=O) groups is 1. The Morgan fingerprint density at radius 1 is 1.24 bits per heavy atom. The second-order valence-electron chi connectivity index (χ2n) is 3.41. The predicted molar refractivity (Wildman–Crippen MR) is 58.1 cm³/mol. The van der Waals surface area contributed by atoms with Gasteiger partial charge in [-0.3, -0.25) is 4.79 Å². The van der Waals surface area contributed by atoms with Crippen LogP contribution in [0.2, 0.25) is 0 Å². The Morgan fingerprint density at radius 2 is 2.00 bits per heavy atom. The summed E-state index contributed by atoms with van der Waals surface area (Å²) in [6, 6.07) is 5.10. The van der Waals surface area contributed by atoms with Crippen molar-refractivity contribution < 1.29 is 18.3 Å². The number of carbonyl (C=O) groups excluding carboxylic acids is 1. The molecule has 0 spiro atoms. The molecule has 0 unspecified atom stereocenters. The molecule has 1 aromatic heterocycles.